The van der Waals surface area contributed by atoms with Gasteiger partial charge in [0.1, 0.15) is 5.25 Å². The van der Waals surface area contributed by atoms with Gasteiger partial charge in [-0.25, -0.2) is 0 Å². The van der Waals surface area contributed by atoms with Gasteiger partial charge in [0.15, 0.2) is 0 Å². The molecule has 1 aromatic rings. The van der Waals surface area contributed by atoms with E-state index in [2.05, 4.69) is 0 Å². The quantitative estimate of drug-likeness (QED) is 0.858. The minimum absolute atomic E-state index is 0.00476. The third kappa shape index (κ3) is 3.35. The number of nitrogen functional groups attached to an aromatic ring is 1. The Morgan fingerprint density at radius 2 is 1.79 bits per heavy atom. The van der Waals surface area contributed by atoms with Crippen molar-refractivity contribution in [1.82, 2.24) is 4.90 Å². The summed E-state index contributed by atoms with van der Waals surface area (Å²) in [5.74, 6) is -0.00476. The van der Waals surface area contributed by atoms with Gasteiger partial charge in [-0.3, -0.25) is 9.00 Å². The number of amides is 1. The van der Waals surface area contributed by atoms with Crippen LogP contribution in [0.15, 0.2) is 29.2 Å². The zero-order valence-electron chi connectivity index (χ0n) is 11.2. The second-order valence-corrected chi connectivity index (χ2v) is 6.67. The van der Waals surface area contributed by atoms with Crippen LogP contribution in [-0.4, -0.2) is 33.4 Å². The molecule has 4 nitrogen and oxygen atoms in total. The van der Waals surface area contributed by atoms with Gasteiger partial charge in [0.05, 0.1) is 10.8 Å². The molecule has 1 heterocycles. The van der Waals surface area contributed by atoms with Crippen LogP contribution < -0.4 is 5.73 Å². The third-order valence-corrected chi connectivity index (χ3v) is 5.03. The monoisotopic (exact) mass is 280 g/mol. The van der Waals surface area contributed by atoms with Crippen molar-refractivity contribution in [2.24, 2.45) is 0 Å². The van der Waals surface area contributed by atoms with Crippen molar-refractivity contribution in [3.63, 3.8) is 0 Å². The Morgan fingerprint density at radius 1 is 1.21 bits per heavy atom. The molecule has 0 bridgehead atoms. The van der Waals surface area contributed by atoms with E-state index < -0.39 is 16.0 Å². The maximum atomic E-state index is 12.4. The van der Waals surface area contributed by atoms with Crippen LogP contribution in [0, 0.1) is 0 Å². The van der Waals surface area contributed by atoms with Crippen LogP contribution in [0.25, 0.3) is 0 Å². The summed E-state index contributed by atoms with van der Waals surface area (Å²) in [7, 11) is -1.31. The number of nitrogens with two attached hydrogens (primary N) is 1. The van der Waals surface area contributed by atoms with E-state index in [1.807, 2.05) is 4.90 Å². The Labute approximate surface area is 116 Å². The van der Waals surface area contributed by atoms with Crippen LogP contribution in [-0.2, 0) is 15.6 Å². The topological polar surface area (TPSA) is 63.4 Å². The highest BCUT2D eigenvalue weighted by Crippen LogP contribution is 2.17. The van der Waals surface area contributed by atoms with E-state index in [4.69, 9.17) is 5.73 Å². The summed E-state index contributed by atoms with van der Waals surface area (Å²) in [6.45, 7) is 3.33. The first-order chi connectivity index (χ1) is 9.09. The van der Waals surface area contributed by atoms with Gasteiger partial charge < -0.3 is 10.6 Å². The van der Waals surface area contributed by atoms with E-state index in [1.165, 1.54) is 6.42 Å². The molecule has 19 heavy (non-hydrogen) atoms. The number of piperidine rings is 1. The van der Waals surface area contributed by atoms with E-state index >= 15 is 0 Å². The van der Waals surface area contributed by atoms with Crippen LogP contribution in [0.2, 0.25) is 0 Å². The lowest BCUT2D eigenvalue weighted by Crippen LogP contribution is -2.42. The first kappa shape index (κ1) is 14.1. The number of benzene rings is 1. The lowest BCUT2D eigenvalue weighted by Gasteiger charge is -2.28. The number of hydrogen-bond acceptors (Lipinski definition) is 3. The number of nitrogens with zero attached hydrogens (tertiary/aromatic N) is 1. The molecule has 2 unspecified atom stereocenters. The highest BCUT2D eigenvalue weighted by Gasteiger charge is 2.27. The van der Waals surface area contributed by atoms with Crippen LogP contribution >= 0.6 is 0 Å². The Morgan fingerprint density at radius 3 is 2.37 bits per heavy atom. The predicted octanol–water partition coefficient (Wildman–Crippen LogP) is 1.78. The SMILES string of the molecule is CC(C(=O)N1CCCCC1)S(=O)c1ccc(N)cc1. The van der Waals surface area contributed by atoms with Crippen molar-refractivity contribution < 1.29 is 9.00 Å². The number of rotatable bonds is 3. The summed E-state index contributed by atoms with van der Waals surface area (Å²) < 4.78 is 12.4. The Hall–Kier alpha value is -1.36. The first-order valence-electron chi connectivity index (χ1n) is 6.64. The smallest absolute Gasteiger partial charge is 0.238 e. The average molecular weight is 280 g/mol. The van der Waals surface area contributed by atoms with Gasteiger partial charge in [-0.05, 0) is 50.5 Å². The number of carbonyl (C=O) groups excluding carboxylic acids is 1. The maximum Gasteiger partial charge on any atom is 0.238 e. The van der Waals surface area contributed by atoms with Gasteiger partial charge in [-0.2, -0.15) is 0 Å². The standard InChI is InChI=1S/C14H20N2O2S/c1-11(14(17)16-9-3-2-4-10-16)19(18)13-7-5-12(15)6-8-13/h5-8,11H,2-4,9-10,15H2,1H3. The molecular formula is C14H20N2O2S. The van der Waals surface area contributed by atoms with E-state index in [1.54, 1.807) is 31.2 Å². The molecule has 104 valence electrons. The minimum atomic E-state index is -1.31. The molecule has 1 aliphatic rings. The molecule has 2 rings (SSSR count). The Kier molecular flexibility index (Phi) is 4.58. The lowest BCUT2D eigenvalue weighted by atomic mass is 10.1. The number of hydrogen-bond donors (Lipinski definition) is 1. The van der Waals surface area contributed by atoms with Gasteiger partial charge in [-0.1, -0.05) is 0 Å². The predicted molar refractivity (Wildman–Crippen MR) is 77.2 cm³/mol. The molecule has 0 radical (unpaired) electrons. The Bertz CT molecular complexity index is 467. The molecule has 2 atom stereocenters. The highest BCUT2D eigenvalue weighted by molar-refractivity contribution is 7.86. The van der Waals surface area contributed by atoms with Crippen molar-refractivity contribution in [3.05, 3.63) is 24.3 Å². The van der Waals surface area contributed by atoms with Crippen LogP contribution in [0.1, 0.15) is 26.2 Å². The Balaban J connectivity index is 2.05. The molecule has 1 saturated heterocycles. The third-order valence-electron chi connectivity index (χ3n) is 3.45. The van der Waals surface area contributed by atoms with Crippen molar-refractivity contribution in [2.75, 3.05) is 18.8 Å². The molecule has 0 spiro atoms. The molecular weight excluding hydrogens is 260 g/mol. The summed E-state index contributed by atoms with van der Waals surface area (Å²) >= 11 is 0. The summed E-state index contributed by atoms with van der Waals surface area (Å²) in [6, 6.07) is 6.88. The maximum absolute atomic E-state index is 12.4. The van der Waals surface area contributed by atoms with Gasteiger partial charge >= 0.3 is 0 Å². The molecule has 1 aromatic carbocycles. The summed E-state index contributed by atoms with van der Waals surface area (Å²) in [5, 5.41) is -0.498. The second kappa shape index (κ2) is 6.19. The molecule has 5 heteroatoms. The van der Waals surface area contributed by atoms with Crippen LogP contribution in [0.5, 0.6) is 0 Å². The summed E-state index contributed by atoms with van der Waals surface area (Å²) in [6.07, 6.45) is 3.28. The fourth-order valence-corrected chi connectivity index (χ4v) is 3.41. The molecule has 1 fully saturated rings. The molecule has 0 aliphatic carbocycles. The minimum Gasteiger partial charge on any atom is -0.399 e. The molecule has 0 aromatic heterocycles. The van der Waals surface area contributed by atoms with Gasteiger partial charge in [0.25, 0.3) is 0 Å². The van der Waals surface area contributed by atoms with Crippen LogP contribution in [0.3, 0.4) is 0 Å². The van der Waals surface area contributed by atoms with Gasteiger partial charge in [-0.15, -0.1) is 0 Å². The molecule has 1 aliphatic heterocycles. The van der Waals surface area contributed by atoms with Crippen molar-refractivity contribution in [1.29, 1.82) is 0 Å². The number of anilines is 1. The zero-order chi connectivity index (χ0) is 13.8. The van der Waals surface area contributed by atoms with E-state index in [0.717, 1.165) is 25.9 Å². The second-order valence-electron chi connectivity index (χ2n) is 4.89. The fourth-order valence-electron chi connectivity index (χ4n) is 2.27. The fraction of sp³-hybridized carbons (Fsp3) is 0.500. The molecule has 2 N–H and O–H groups in total. The summed E-state index contributed by atoms with van der Waals surface area (Å²) in [4.78, 5) is 14.8. The lowest BCUT2D eigenvalue weighted by molar-refractivity contribution is -0.131. The van der Waals surface area contributed by atoms with Crippen molar-refractivity contribution >= 4 is 22.4 Å². The molecule has 1 amide bonds. The van der Waals surface area contributed by atoms with Gasteiger partial charge in [0.2, 0.25) is 5.91 Å². The van der Waals surface area contributed by atoms with E-state index in [9.17, 15) is 9.00 Å². The normalized spacial score (nSPS) is 18.9. The highest BCUT2D eigenvalue weighted by atomic mass is 32.2. The van der Waals surface area contributed by atoms with Gasteiger partial charge in [0, 0.05) is 23.7 Å². The zero-order valence-corrected chi connectivity index (χ0v) is 12.0. The first-order valence-corrected chi connectivity index (χ1v) is 7.86. The average Bonchev–Trinajstić information content (AvgIpc) is 2.46. The summed E-state index contributed by atoms with van der Waals surface area (Å²) in [5.41, 5.74) is 6.24. The van der Waals surface area contributed by atoms with E-state index in [-0.39, 0.29) is 5.91 Å². The van der Waals surface area contributed by atoms with E-state index in [0.29, 0.717) is 10.6 Å². The largest absolute Gasteiger partial charge is 0.399 e. The van der Waals surface area contributed by atoms with Crippen molar-refractivity contribution in [3.8, 4) is 0 Å². The molecule has 0 saturated carbocycles. The van der Waals surface area contributed by atoms with Crippen molar-refractivity contribution in [2.45, 2.75) is 36.3 Å². The number of likely N-dealkylation sites (tertiary alicyclic amines) is 1. The van der Waals surface area contributed by atoms with Crippen LogP contribution in [0.4, 0.5) is 5.69 Å². The number of carbonyl (C=O) groups is 1.